The number of esters is 1. The first kappa shape index (κ1) is 22.2. The van der Waals surface area contributed by atoms with Crippen molar-refractivity contribution < 1.29 is 14.3 Å². The summed E-state index contributed by atoms with van der Waals surface area (Å²) in [7, 11) is 0. The highest BCUT2D eigenvalue weighted by molar-refractivity contribution is 7.17. The number of para-hydroxylation sites is 1. The molecule has 2 heterocycles. The van der Waals surface area contributed by atoms with Crippen molar-refractivity contribution in [2.45, 2.75) is 13.8 Å². The van der Waals surface area contributed by atoms with Crippen LogP contribution in [-0.4, -0.2) is 28.3 Å². The third-order valence-electron chi connectivity index (χ3n) is 4.43. The van der Waals surface area contributed by atoms with Gasteiger partial charge < -0.3 is 15.8 Å². The van der Waals surface area contributed by atoms with E-state index in [0.717, 1.165) is 16.0 Å². The maximum absolute atomic E-state index is 12.9. The van der Waals surface area contributed by atoms with Gasteiger partial charge in [-0.2, -0.15) is 15.6 Å². The number of carbonyl (C=O) groups excluding carboxylic acids is 2. The normalized spacial score (nSPS) is 10.1. The molecule has 0 bridgehead atoms. The molecule has 0 saturated carbocycles. The molecule has 3 aromatic rings. The number of nitrogens with zero attached hydrogens (tertiary/aromatic N) is 4. The van der Waals surface area contributed by atoms with Crippen LogP contribution in [0.3, 0.4) is 0 Å². The molecule has 0 saturated heterocycles. The van der Waals surface area contributed by atoms with E-state index in [-0.39, 0.29) is 39.0 Å². The van der Waals surface area contributed by atoms with E-state index in [9.17, 15) is 20.1 Å². The molecule has 0 aliphatic rings. The smallest absolute Gasteiger partial charge is 0.341 e. The summed E-state index contributed by atoms with van der Waals surface area (Å²) in [6, 6.07) is 12.3. The fraction of sp³-hybridized carbons (Fsp3) is 0.143. The molecule has 160 valence electrons. The number of benzene rings is 1. The van der Waals surface area contributed by atoms with Gasteiger partial charge in [0.25, 0.3) is 5.91 Å². The number of rotatable bonds is 5. The molecule has 0 atom stereocenters. The third-order valence-corrected chi connectivity index (χ3v) is 5.69. The van der Waals surface area contributed by atoms with Gasteiger partial charge in [-0.1, -0.05) is 18.2 Å². The van der Waals surface area contributed by atoms with E-state index in [1.54, 1.807) is 50.3 Å². The minimum absolute atomic E-state index is 0.0126. The average molecular weight is 447 g/mol. The molecule has 0 radical (unpaired) electrons. The number of ether oxygens (including phenoxy) is 1. The van der Waals surface area contributed by atoms with Crippen molar-refractivity contribution in [2.24, 2.45) is 0 Å². The quantitative estimate of drug-likeness (QED) is 0.504. The monoisotopic (exact) mass is 447 g/mol. The second kappa shape index (κ2) is 9.12. The molecule has 0 spiro atoms. The molecule has 0 aliphatic heterocycles. The van der Waals surface area contributed by atoms with E-state index in [0.29, 0.717) is 11.3 Å². The van der Waals surface area contributed by atoms with Gasteiger partial charge in [-0.3, -0.25) is 10.2 Å². The van der Waals surface area contributed by atoms with Crippen LogP contribution in [0.15, 0.2) is 30.3 Å². The Bertz CT molecular complexity index is 1360. The summed E-state index contributed by atoms with van der Waals surface area (Å²) < 4.78 is 6.09. The van der Waals surface area contributed by atoms with E-state index in [2.05, 4.69) is 10.4 Å². The number of amides is 1. The van der Waals surface area contributed by atoms with Crippen molar-refractivity contribution in [3.8, 4) is 17.1 Å². The van der Waals surface area contributed by atoms with E-state index < -0.39 is 17.4 Å². The molecular formula is C21H17N7O3S. The van der Waals surface area contributed by atoms with Crippen LogP contribution >= 0.6 is 11.3 Å². The number of thiophene rings is 1. The van der Waals surface area contributed by atoms with Gasteiger partial charge in [0.1, 0.15) is 28.3 Å². The lowest BCUT2D eigenvalue weighted by atomic mass is 10.1. The maximum atomic E-state index is 12.9. The number of aromatic nitrogens is 2. The van der Waals surface area contributed by atoms with Crippen LogP contribution in [-0.2, 0) is 4.74 Å². The predicted molar refractivity (Wildman–Crippen MR) is 116 cm³/mol. The highest BCUT2D eigenvalue weighted by Gasteiger charge is 2.28. The van der Waals surface area contributed by atoms with Crippen LogP contribution in [0, 0.1) is 35.0 Å². The van der Waals surface area contributed by atoms with Crippen molar-refractivity contribution in [2.75, 3.05) is 17.7 Å². The van der Waals surface area contributed by atoms with Gasteiger partial charge in [0, 0.05) is 5.69 Å². The summed E-state index contributed by atoms with van der Waals surface area (Å²) in [6.45, 7) is 3.29. The van der Waals surface area contributed by atoms with Gasteiger partial charge >= 0.3 is 5.97 Å². The Labute approximate surface area is 186 Å². The van der Waals surface area contributed by atoms with Gasteiger partial charge in [0.2, 0.25) is 0 Å². The number of carbonyl (C=O) groups is 2. The lowest BCUT2D eigenvalue weighted by Crippen LogP contribution is -2.27. The molecule has 4 N–H and O–H groups in total. The van der Waals surface area contributed by atoms with E-state index >= 15 is 0 Å². The van der Waals surface area contributed by atoms with Gasteiger partial charge in [0.15, 0.2) is 11.2 Å². The van der Waals surface area contributed by atoms with Crippen molar-refractivity contribution >= 4 is 34.6 Å². The highest BCUT2D eigenvalue weighted by atomic mass is 32.1. The molecule has 1 aromatic carbocycles. The highest BCUT2D eigenvalue weighted by Crippen LogP contribution is 2.32. The Balaban J connectivity index is 2.25. The number of hydrogen-bond donors (Lipinski definition) is 3. The predicted octanol–water partition coefficient (Wildman–Crippen LogP) is 2.48. The van der Waals surface area contributed by atoms with E-state index in [1.807, 2.05) is 6.07 Å². The number of nitrogens with one attached hydrogen (secondary N) is 2. The molecule has 3 rings (SSSR count). The SMILES string of the molecule is CCOC(=O)c1c(-n2nc(C#N)c(N)c(C#N)c2=N)sc(C(=O)Nc2ccccc2)c1C. The number of nitrogens with two attached hydrogens (primary N) is 1. The largest absolute Gasteiger partial charge is 0.462 e. The number of anilines is 2. The summed E-state index contributed by atoms with van der Waals surface area (Å²) in [5.74, 6) is -1.20. The topological polar surface area (TPSA) is 171 Å². The summed E-state index contributed by atoms with van der Waals surface area (Å²) >= 11 is 0.887. The first-order chi connectivity index (χ1) is 15.3. The van der Waals surface area contributed by atoms with Crippen LogP contribution in [0.5, 0.6) is 0 Å². The molecule has 32 heavy (non-hydrogen) atoms. The molecule has 0 unspecified atom stereocenters. The Kier molecular flexibility index (Phi) is 6.33. The summed E-state index contributed by atoms with van der Waals surface area (Å²) in [5.41, 5.74) is 5.45. The summed E-state index contributed by atoms with van der Waals surface area (Å²) in [5, 5.41) is 34.0. The first-order valence-electron chi connectivity index (χ1n) is 9.28. The van der Waals surface area contributed by atoms with Gasteiger partial charge in [-0.05, 0) is 31.5 Å². The minimum atomic E-state index is -0.724. The van der Waals surface area contributed by atoms with Crippen LogP contribution in [0.2, 0.25) is 0 Å². The summed E-state index contributed by atoms with van der Waals surface area (Å²) in [4.78, 5) is 25.9. The van der Waals surface area contributed by atoms with Gasteiger partial charge in [-0.15, -0.1) is 11.3 Å². The van der Waals surface area contributed by atoms with Crippen LogP contribution < -0.4 is 16.5 Å². The lowest BCUT2D eigenvalue weighted by molar-refractivity contribution is 0.0526. The standard InChI is InChI=1S/C21H17N7O3S/c1-3-31-21(30)15-11(2)17(19(29)26-12-7-5-4-6-8-12)32-20(15)28-18(25)13(9-22)16(24)14(10-23)27-28/h4-8,25H,3,24H2,1-2H3,(H,26,29). The molecular weight excluding hydrogens is 430 g/mol. The van der Waals surface area contributed by atoms with Crippen molar-refractivity contribution in [3.05, 3.63) is 63.1 Å². The van der Waals surface area contributed by atoms with Crippen molar-refractivity contribution in [1.82, 2.24) is 9.78 Å². The van der Waals surface area contributed by atoms with Crippen LogP contribution in [0.4, 0.5) is 11.4 Å². The van der Waals surface area contributed by atoms with Gasteiger partial charge in [-0.25, -0.2) is 9.48 Å². The van der Waals surface area contributed by atoms with Gasteiger partial charge in [0.05, 0.1) is 17.2 Å². The zero-order valence-electron chi connectivity index (χ0n) is 17.1. The zero-order chi connectivity index (χ0) is 23.4. The lowest BCUT2D eigenvalue weighted by Gasteiger charge is -2.10. The molecule has 0 aliphatic carbocycles. The maximum Gasteiger partial charge on any atom is 0.341 e. The Hall–Kier alpha value is -4.48. The summed E-state index contributed by atoms with van der Waals surface area (Å²) in [6.07, 6.45) is 0. The molecule has 10 nitrogen and oxygen atoms in total. The zero-order valence-corrected chi connectivity index (χ0v) is 17.9. The third kappa shape index (κ3) is 3.93. The fourth-order valence-electron chi connectivity index (χ4n) is 2.92. The van der Waals surface area contributed by atoms with Crippen molar-refractivity contribution in [3.63, 3.8) is 0 Å². The minimum Gasteiger partial charge on any atom is -0.462 e. The molecule has 2 aromatic heterocycles. The van der Waals surface area contributed by atoms with E-state index in [4.69, 9.17) is 15.9 Å². The Morgan fingerprint density at radius 1 is 1.28 bits per heavy atom. The molecule has 0 fully saturated rings. The van der Waals surface area contributed by atoms with Crippen LogP contribution in [0.25, 0.3) is 5.00 Å². The molecule has 11 heteroatoms. The number of nitriles is 2. The average Bonchev–Trinajstić information content (AvgIpc) is 3.12. The van der Waals surface area contributed by atoms with E-state index in [1.165, 1.54) is 0 Å². The van der Waals surface area contributed by atoms with Crippen LogP contribution in [0.1, 0.15) is 43.8 Å². The second-order valence-corrected chi connectivity index (χ2v) is 7.40. The molecule has 1 amide bonds. The number of hydrogen-bond acceptors (Lipinski definition) is 9. The number of nitrogen functional groups attached to an aromatic ring is 1. The second-order valence-electron chi connectivity index (χ2n) is 6.40. The Morgan fingerprint density at radius 2 is 1.97 bits per heavy atom. The first-order valence-corrected chi connectivity index (χ1v) is 10.1. The Morgan fingerprint density at radius 3 is 2.56 bits per heavy atom. The fourth-order valence-corrected chi connectivity index (χ4v) is 4.06. The van der Waals surface area contributed by atoms with Crippen molar-refractivity contribution in [1.29, 1.82) is 15.9 Å².